The van der Waals surface area contributed by atoms with Crippen molar-refractivity contribution in [1.29, 1.82) is 0 Å². The zero-order valence-electron chi connectivity index (χ0n) is 19.8. The minimum atomic E-state index is -0.738. The van der Waals surface area contributed by atoms with Crippen molar-refractivity contribution in [2.45, 2.75) is 22.7 Å². The maximum Gasteiger partial charge on any atom is 0.308 e. The van der Waals surface area contributed by atoms with Crippen molar-refractivity contribution in [3.63, 3.8) is 0 Å². The molecule has 0 saturated carbocycles. The van der Waals surface area contributed by atoms with Gasteiger partial charge in [-0.25, -0.2) is 4.90 Å². The van der Waals surface area contributed by atoms with E-state index in [1.807, 2.05) is 12.1 Å². The van der Waals surface area contributed by atoms with Crippen LogP contribution in [0.25, 0.3) is 0 Å². The molecular weight excluding hydrogens is 614 g/mol. The van der Waals surface area contributed by atoms with Crippen LogP contribution >= 0.6 is 50.6 Å². The van der Waals surface area contributed by atoms with Crippen LogP contribution in [-0.4, -0.2) is 58.7 Å². The number of halogens is 2. The van der Waals surface area contributed by atoms with Crippen molar-refractivity contribution in [3.8, 4) is 0 Å². The summed E-state index contributed by atoms with van der Waals surface area (Å²) in [6.07, 6.45) is 0. The Hall–Kier alpha value is -2.44. The summed E-state index contributed by atoms with van der Waals surface area (Å²) in [5, 5.41) is 0.377. The van der Waals surface area contributed by atoms with E-state index in [0.717, 1.165) is 21.4 Å². The minimum Gasteiger partial charge on any atom is -0.378 e. The Kier molecular flexibility index (Phi) is 6.98. The molecule has 0 aliphatic carbocycles. The van der Waals surface area contributed by atoms with Gasteiger partial charge in [0.05, 0.1) is 29.8 Å². The van der Waals surface area contributed by atoms with Crippen LogP contribution in [-0.2, 0) is 25.7 Å². The van der Waals surface area contributed by atoms with Crippen molar-refractivity contribution in [3.05, 3.63) is 78.1 Å². The largest absolute Gasteiger partial charge is 0.378 e. The lowest BCUT2D eigenvalue weighted by atomic mass is 9.83. The third-order valence-corrected chi connectivity index (χ3v) is 10.4. The van der Waals surface area contributed by atoms with Gasteiger partial charge in [0.25, 0.3) is 0 Å². The Balaban J connectivity index is 1.43. The fraction of sp³-hybridized carbons (Fsp3) is 0.308. The van der Waals surface area contributed by atoms with Crippen LogP contribution in [0.4, 0.5) is 5.69 Å². The Morgan fingerprint density at radius 3 is 2.37 bits per heavy atom. The second kappa shape index (κ2) is 10.3. The molecule has 8 nitrogen and oxygen atoms in total. The second-order valence-electron chi connectivity index (χ2n) is 9.20. The molecule has 3 unspecified atom stereocenters. The van der Waals surface area contributed by atoms with E-state index in [4.69, 9.17) is 16.3 Å². The smallest absolute Gasteiger partial charge is 0.308 e. The molecule has 196 valence electrons. The van der Waals surface area contributed by atoms with E-state index in [-0.39, 0.29) is 29.1 Å². The van der Waals surface area contributed by atoms with Crippen LogP contribution < -0.4 is 9.77 Å². The average molecular weight is 635 g/mol. The van der Waals surface area contributed by atoms with E-state index in [9.17, 15) is 19.2 Å². The zero-order chi connectivity index (χ0) is 26.6. The molecule has 0 radical (unpaired) electrons. The number of amides is 3. The number of anilines is 1. The Bertz CT molecular complexity index is 1480. The monoisotopic (exact) mass is 633 g/mol. The van der Waals surface area contributed by atoms with Crippen molar-refractivity contribution in [1.82, 2.24) is 9.47 Å². The standard InChI is InChI=1S/C26H21BrClN3O5S2/c27-15-3-7-17(8-4-15)31-23(33)20-19(14-1-5-16(28)6-2-14)22-25(37-21(20)24(31)34)30(26(35)38-22)13-18(32)29-9-11-36-12-10-29/h1-8,19-21H,9-13H2. The maximum absolute atomic E-state index is 13.9. The van der Waals surface area contributed by atoms with Gasteiger partial charge in [-0.1, -0.05) is 62.8 Å². The molecular formula is C26H21BrClN3O5S2. The van der Waals surface area contributed by atoms with E-state index >= 15 is 0 Å². The number of morpholine rings is 1. The number of ether oxygens (including phenoxy) is 1. The molecule has 38 heavy (non-hydrogen) atoms. The van der Waals surface area contributed by atoms with Crippen molar-refractivity contribution < 1.29 is 19.1 Å². The van der Waals surface area contributed by atoms with Gasteiger partial charge in [-0.05, 0) is 42.0 Å². The Morgan fingerprint density at radius 1 is 1.00 bits per heavy atom. The van der Waals surface area contributed by atoms with E-state index in [2.05, 4.69) is 15.9 Å². The Labute approximate surface area is 239 Å². The van der Waals surface area contributed by atoms with Gasteiger partial charge in [0, 0.05) is 33.4 Å². The van der Waals surface area contributed by atoms with Crippen LogP contribution in [0.15, 0.2) is 62.8 Å². The number of imide groups is 1. The van der Waals surface area contributed by atoms with E-state index in [1.165, 1.54) is 21.2 Å². The first-order valence-electron chi connectivity index (χ1n) is 12.0. The van der Waals surface area contributed by atoms with Crippen LogP contribution in [0.1, 0.15) is 16.4 Å². The second-order valence-corrected chi connectivity index (χ2v) is 12.7. The molecule has 2 aromatic carbocycles. The summed E-state index contributed by atoms with van der Waals surface area (Å²) < 4.78 is 7.64. The number of hydrogen-bond donors (Lipinski definition) is 0. The lowest BCUT2D eigenvalue weighted by Gasteiger charge is -2.31. The molecule has 3 aromatic rings. The number of thioether (sulfide) groups is 1. The summed E-state index contributed by atoms with van der Waals surface area (Å²) in [6.45, 7) is 1.74. The molecule has 1 aromatic heterocycles. The number of benzene rings is 2. The zero-order valence-corrected chi connectivity index (χ0v) is 23.8. The molecule has 6 rings (SSSR count). The van der Waals surface area contributed by atoms with Gasteiger partial charge < -0.3 is 9.64 Å². The fourth-order valence-electron chi connectivity index (χ4n) is 5.18. The first-order chi connectivity index (χ1) is 18.3. The Morgan fingerprint density at radius 2 is 1.68 bits per heavy atom. The minimum absolute atomic E-state index is 0.124. The molecule has 4 heterocycles. The molecule has 3 atom stereocenters. The van der Waals surface area contributed by atoms with Crippen molar-refractivity contribution in [2.24, 2.45) is 5.92 Å². The number of carbonyl (C=O) groups excluding carboxylic acids is 3. The first kappa shape index (κ1) is 25.8. The number of hydrogen-bond acceptors (Lipinski definition) is 7. The predicted molar refractivity (Wildman–Crippen MR) is 149 cm³/mol. The number of nitrogens with zero attached hydrogens (tertiary/aromatic N) is 3. The summed E-state index contributed by atoms with van der Waals surface area (Å²) in [6, 6.07) is 14.2. The molecule has 2 saturated heterocycles. The molecule has 0 bridgehead atoms. The normalized spacial score (nSPS) is 22.9. The summed E-state index contributed by atoms with van der Waals surface area (Å²) in [5.74, 6) is -2.04. The van der Waals surface area contributed by atoms with Crippen molar-refractivity contribution in [2.75, 3.05) is 31.2 Å². The third-order valence-electron chi connectivity index (χ3n) is 7.02. The first-order valence-corrected chi connectivity index (χ1v) is 14.8. The van der Waals surface area contributed by atoms with E-state index < -0.39 is 17.1 Å². The summed E-state index contributed by atoms with van der Waals surface area (Å²) in [5.41, 5.74) is 1.29. The summed E-state index contributed by atoms with van der Waals surface area (Å²) >= 11 is 11.8. The summed E-state index contributed by atoms with van der Waals surface area (Å²) in [4.78, 5) is 57.2. The highest BCUT2D eigenvalue weighted by Gasteiger charge is 2.56. The predicted octanol–water partition coefficient (Wildman–Crippen LogP) is 3.98. The highest BCUT2D eigenvalue weighted by atomic mass is 79.9. The van der Waals surface area contributed by atoms with Crippen LogP contribution in [0.5, 0.6) is 0 Å². The molecule has 0 spiro atoms. The van der Waals surface area contributed by atoms with Gasteiger partial charge in [-0.3, -0.25) is 23.7 Å². The van der Waals surface area contributed by atoms with Gasteiger partial charge in [0.15, 0.2) is 0 Å². The van der Waals surface area contributed by atoms with E-state index in [0.29, 0.717) is 46.9 Å². The van der Waals surface area contributed by atoms with Gasteiger partial charge in [0.1, 0.15) is 11.8 Å². The number of rotatable bonds is 4. The van der Waals surface area contributed by atoms with Crippen molar-refractivity contribution >= 4 is 74.0 Å². The molecule has 3 aliphatic rings. The number of aromatic nitrogens is 1. The number of thiazole rings is 1. The molecule has 3 amide bonds. The topological polar surface area (TPSA) is 88.9 Å². The van der Waals surface area contributed by atoms with Gasteiger partial charge in [-0.2, -0.15) is 0 Å². The quantitative estimate of drug-likeness (QED) is 0.404. The highest BCUT2D eigenvalue weighted by molar-refractivity contribution is 9.10. The average Bonchev–Trinajstić information content (AvgIpc) is 3.36. The fourth-order valence-corrected chi connectivity index (χ4v) is 8.34. The van der Waals surface area contributed by atoms with Crippen LogP contribution in [0.2, 0.25) is 5.02 Å². The van der Waals surface area contributed by atoms with Crippen LogP contribution in [0.3, 0.4) is 0 Å². The van der Waals surface area contributed by atoms with Gasteiger partial charge in [0.2, 0.25) is 17.7 Å². The molecule has 3 aliphatic heterocycles. The number of fused-ring (bicyclic) bond motifs is 2. The maximum atomic E-state index is 13.9. The SMILES string of the molecule is O=C(Cn1c2c(sc1=O)C(c1ccc(Cl)cc1)C1C(=O)N(c3ccc(Br)cc3)C(=O)C1S2)N1CCOCC1. The summed E-state index contributed by atoms with van der Waals surface area (Å²) in [7, 11) is 0. The lowest BCUT2D eigenvalue weighted by molar-refractivity contribution is -0.136. The lowest BCUT2D eigenvalue weighted by Crippen LogP contribution is -2.43. The third kappa shape index (κ3) is 4.44. The van der Waals surface area contributed by atoms with Gasteiger partial charge in [-0.15, -0.1) is 0 Å². The number of carbonyl (C=O) groups is 3. The highest BCUT2D eigenvalue weighted by Crippen LogP contribution is 2.54. The van der Waals surface area contributed by atoms with Crippen LogP contribution in [0, 0.1) is 5.92 Å². The van der Waals surface area contributed by atoms with Gasteiger partial charge >= 0.3 is 4.87 Å². The molecule has 0 N–H and O–H groups in total. The molecule has 12 heteroatoms. The molecule has 2 fully saturated rings. The van der Waals surface area contributed by atoms with E-state index in [1.54, 1.807) is 41.3 Å².